The third-order valence-electron chi connectivity index (χ3n) is 3.51. The molecule has 2 rings (SSSR count). The highest BCUT2D eigenvalue weighted by atomic mass is 16.5. The lowest BCUT2D eigenvalue weighted by atomic mass is 10.2. The van der Waals surface area contributed by atoms with Gasteiger partial charge in [0, 0.05) is 19.1 Å². The second kappa shape index (κ2) is 5.88. The Kier molecular flexibility index (Phi) is 4.42. The van der Waals surface area contributed by atoms with Gasteiger partial charge in [0.1, 0.15) is 0 Å². The van der Waals surface area contributed by atoms with Crippen molar-refractivity contribution in [1.29, 1.82) is 0 Å². The van der Waals surface area contributed by atoms with Crippen molar-refractivity contribution in [2.45, 2.75) is 44.9 Å². The second-order valence-corrected chi connectivity index (χ2v) is 5.59. The van der Waals surface area contributed by atoms with Crippen LogP contribution in [0.5, 0.6) is 0 Å². The van der Waals surface area contributed by atoms with Gasteiger partial charge in [0.25, 0.3) is 0 Å². The van der Waals surface area contributed by atoms with E-state index in [2.05, 4.69) is 0 Å². The lowest BCUT2D eigenvalue weighted by molar-refractivity contribution is -0.146. The van der Waals surface area contributed by atoms with Crippen molar-refractivity contribution in [1.82, 2.24) is 9.80 Å². The van der Waals surface area contributed by atoms with Gasteiger partial charge in [0.05, 0.1) is 25.3 Å². The predicted molar refractivity (Wildman–Crippen MR) is 68.8 cm³/mol. The maximum Gasteiger partial charge on any atom is 0.317 e. The number of carboxylic acid groups (broad SMARTS) is 1. The Morgan fingerprint density at radius 1 is 1.21 bits per heavy atom. The van der Waals surface area contributed by atoms with Crippen molar-refractivity contribution in [3.05, 3.63) is 0 Å². The molecule has 0 radical (unpaired) electrons. The minimum atomic E-state index is -0.872. The smallest absolute Gasteiger partial charge is 0.317 e. The molecular weight excluding hydrogens is 248 g/mol. The zero-order valence-corrected chi connectivity index (χ0v) is 11.5. The number of rotatable bonds is 5. The molecule has 108 valence electrons. The van der Waals surface area contributed by atoms with Gasteiger partial charge in [-0.15, -0.1) is 0 Å². The third-order valence-corrected chi connectivity index (χ3v) is 3.51. The summed E-state index contributed by atoms with van der Waals surface area (Å²) in [5, 5.41) is 8.88. The number of ether oxygens (including phenoxy) is 1. The first-order chi connectivity index (χ1) is 8.95. The van der Waals surface area contributed by atoms with Gasteiger partial charge in [-0.05, 0) is 26.7 Å². The number of hydrogen-bond acceptors (Lipinski definition) is 4. The molecule has 1 heterocycles. The molecule has 2 atom stereocenters. The van der Waals surface area contributed by atoms with Crippen molar-refractivity contribution in [3.8, 4) is 0 Å². The highest BCUT2D eigenvalue weighted by molar-refractivity contribution is 5.79. The van der Waals surface area contributed by atoms with Crippen molar-refractivity contribution < 1.29 is 19.4 Å². The van der Waals surface area contributed by atoms with Crippen LogP contribution in [0.4, 0.5) is 0 Å². The van der Waals surface area contributed by atoms with E-state index < -0.39 is 5.97 Å². The Bertz CT molecular complexity index is 347. The van der Waals surface area contributed by atoms with E-state index in [9.17, 15) is 9.59 Å². The first-order valence-electron chi connectivity index (χ1n) is 6.84. The average molecular weight is 270 g/mol. The van der Waals surface area contributed by atoms with Crippen molar-refractivity contribution in [3.63, 3.8) is 0 Å². The summed E-state index contributed by atoms with van der Waals surface area (Å²) in [5.74, 6) is -0.862. The van der Waals surface area contributed by atoms with E-state index in [1.165, 1.54) is 0 Å². The van der Waals surface area contributed by atoms with Crippen LogP contribution in [0.15, 0.2) is 0 Å². The monoisotopic (exact) mass is 270 g/mol. The number of carbonyl (C=O) groups excluding carboxylic acids is 1. The summed E-state index contributed by atoms with van der Waals surface area (Å²) >= 11 is 0. The van der Waals surface area contributed by atoms with Gasteiger partial charge >= 0.3 is 5.97 Å². The quantitative estimate of drug-likeness (QED) is 0.771. The third kappa shape index (κ3) is 4.18. The summed E-state index contributed by atoms with van der Waals surface area (Å²) in [6, 6.07) is 0.274. The van der Waals surface area contributed by atoms with Gasteiger partial charge in [-0.2, -0.15) is 0 Å². The molecule has 1 saturated heterocycles. The van der Waals surface area contributed by atoms with Gasteiger partial charge in [-0.1, -0.05) is 0 Å². The van der Waals surface area contributed by atoms with Crippen LogP contribution in [0.25, 0.3) is 0 Å². The normalized spacial score (nSPS) is 27.6. The minimum Gasteiger partial charge on any atom is -0.480 e. The fourth-order valence-corrected chi connectivity index (χ4v) is 2.58. The van der Waals surface area contributed by atoms with Crippen molar-refractivity contribution >= 4 is 11.9 Å². The molecule has 0 aromatic rings. The van der Waals surface area contributed by atoms with Crippen molar-refractivity contribution in [2.75, 3.05) is 26.2 Å². The van der Waals surface area contributed by atoms with E-state index in [4.69, 9.17) is 9.84 Å². The van der Waals surface area contributed by atoms with E-state index in [1.54, 1.807) is 9.80 Å². The molecule has 1 N–H and O–H groups in total. The highest BCUT2D eigenvalue weighted by Gasteiger charge is 2.34. The molecule has 1 saturated carbocycles. The summed E-state index contributed by atoms with van der Waals surface area (Å²) in [7, 11) is 0. The van der Waals surface area contributed by atoms with Gasteiger partial charge < -0.3 is 14.7 Å². The molecule has 1 aliphatic heterocycles. The molecule has 0 bridgehead atoms. The van der Waals surface area contributed by atoms with Crippen LogP contribution in [0, 0.1) is 0 Å². The lowest BCUT2D eigenvalue weighted by Crippen LogP contribution is -2.51. The largest absolute Gasteiger partial charge is 0.480 e. The Labute approximate surface area is 113 Å². The Balaban J connectivity index is 1.89. The molecule has 1 amide bonds. The summed E-state index contributed by atoms with van der Waals surface area (Å²) in [4.78, 5) is 26.6. The Morgan fingerprint density at radius 3 is 2.26 bits per heavy atom. The molecule has 0 aromatic heterocycles. The van der Waals surface area contributed by atoms with Crippen molar-refractivity contribution in [2.24, 2.45) is 0 Å². The van der Waals surface area contributed by atoms with Gasteiger partial charge in [0.15, 0.2) is 0 Å². The average Bonchev–Trinajstić information content (AvgIpc) is 3.09. The zero-order chi connectivity index (χ0) is 14.0. The van der Waals surface area contributed by atoms with Crippen LogP contribution in [0.1, 0.15) is 26.7 Å². The van der Waals surface area contributed by atoms with E-state index >= 15 is 0 Å². The van der Waals surface area contributed by atoms with Gasteiger partial charge in [-0.25, -0.2) is 0 Å². The molecule has 0 aromatic carbocycles. The maximum absolute atomic E-state index is 12.2. The SMILES string of the molecule is CC1CN(C(=O)CN(CC(=O)O)C2CC2)CC(C)O1. The summed E-state index contributed by atoms with van der Waals surface area (Å²) < 4.78 is 5.59. The Hall–Kier alpha value is -1.14. The van der Waals surface area contributed by atoms with E-state index in [0.29, 0.717) is 13.1 Å². The van der Waals surface area contributed by atoms with Crippen LogP contribution < -0.4 is 0 Å². The molecule has 0 spiro atoms. The molecule has 2 unspecified atom stereocenters. The molecule has 19 heavy (non-hydrogen) atoms. The number of hydrogen-bond donors (Lipinski definition) is 1. The molecule has 6 heteroatoms. The fourth-order valence-electron chi connectivity index (χ4n) is 2.58. The second-order valence-electron chi connectivity index (χ2n) is 5.59. The standard InChI is InChI=1S/C13H22N2O4/c1-9-5-15(6-10(2)19-9)12(16)7-14(8-13(17)18)11-3-4-11/h9-11H,3-8H2,1-2H3,(H,17,18). The van der Waals surface area contributed by atoms with Gasteiger partial charge in [0.2, 0.25) is 5.91 Å². The predicted octanol–water partition coefficient (Wildman–Crippen LogP) is 0.171. The first kappa shape index (κ1) is 14.3. The number of nitrogens with zero attached hydrogens (tertiary/aromatic N) is 2. The van der Waals surface area contributed by atoms with Crippen LogP contribution in [0.2, 0.25) is 0 Å². The van der Waals surface area contributed by atoms with E-state index in [-0.39, 0.29) is 37.2 Å². The number of morpholine rings is 1. The van der Waals surface area contributed by atoms with Gasteiger partial charge in [-0.3, -0.25) is 14.5 Å². The summed E-state index contributed by atoms with van der Waals surface area (Å²) in [6.45, 7) is 5.24. The Morgan fingerprint density at radius 2 is 1.79 bits per heavy atom. The molecule has 1 aliphatic carbocycles. The summed E-state index contributed by atoms with van der Waals surface area (Å²) in [5.41, 5.74) is 0. The minimum absolute atomic E-state index is 0.00940. The fraction of sp³-hybridized carbons (Fsp3) is 0.846. The molecule has 2 fully saturated rings. The zero-order valence-electron chi connectivity index (χ0n) is 11.5. The van der Waals surface area contributed by atoms with E-state index in [1.807, 2.05) is 13.8 Å². The molecule has 6 nitrogen and oxygen atoms in total. The number of carboxylic acids is 1. The van der Waals surface area contributed by atoms with Crippen LogP contribution in [-0.4, -0.2) is 71.2 Å². The first-order valence-corrected chi connectivity index (χ1v) is 6.84. The number of carbonyl (C=O) groups is 2. The number of amides is 1. The molecule has 2 aliphatic rings. The summed E-state index contributed by atoms with van der Waals surface area (Å²) in [6.07, 6.45) is 2.08. The maximum atomic E-state index is 12.2. The van der Waals surface area contributed by atoms with Crippen LogP contribution >= 0.6 is 0 Å². The van der Waals surface area contributed by atoms with Crippen LogP contribution in [-0.2, 0) is 14.3 Å². The van der Waals surface area contributed by atoms with Crippen LogP contribution in [0.3, 0.4) is 0 Å². The van der Waals surface area contributed by atoms with E-state index in [0.717, 1.165) is 12.8 Å². The molecular formula is C13H22N2O4. The topological polar surface area (TPSA) is 70.1 Å². The number of aliphatic carboxylic acids is 1. The highest BCUT2D eigenvalue weighted by Crippen LogP contribution is 2.26. The lowest BCUT2D eigenvalue weighted by Gasteiger charge is -2.36.